The molecule has 1 saturated heterocycles. The molecule has 2 N–H and O–H groups in total. The van der Waals surface area contributed by atoms with Crippen LogP contribution in [0.5, 0.6) is 0 Å². The standard InChI is InChI=1S/C26H29F3N6O/c1-25(2,15-36-3)19-6-4-5-16-7-9-20(31-22(16)19)24-33-32-21-10-8-17(13-35(21)24)23(26(27,28)29)34-12-11-18(30)14-34/h4-10,13,18,23H,11-12,14-15,30H2,1-3H3/t18?,23-/m1/s1. The van der Waals surface area contributed by atoms with Crippen molar-refractivity contribution in [3.63, 3.8) is 0 Å². The van der Waals surface area contributed by atoms with Crippen LogP contribution in [-0.2, 0) is 10.2 Å². The summed E-state index contributed by atoms with van der Waals surface area (Å²) < 4.78 is 49.6. The number of methoxy groups -OCH3 is 1. The summed E-state index contributed by atoms with van der Waals surface area (Å²) in [6.07, 6.45) is -2.44. The van der Waals surface area contributed by atoms with Gasteiger partial charge in [0.1, 0.15) is 11.7 Å². The highest BCUT2D eigenvalue weighted by molar-refractivity contribution is 5.85. The molecule has 0 radical (unpaired) electrons. The molecule has 4 aromatic rings. The molecule has 5 rings (SSSR count). The number of hydrogen-bond donors (Lipinski definition) is 1. The number of fused-ring (bicyclic) bond motifs is 2. The molecule has 0 amide bonds. The molecular weight excluding hydrogens is 469 g/mol. The number of halogens is 3. The van der Waals surface area contributed by atoms with E-state index in [9.17, 15) is 13.2 Å². The molecule has 2 atom stereocenters. The lowest BCUT2D eigenvalue weighted by molar-refractivity contribution is -0.183. The Hall–Kier alpha value is -3.08. The summed E-state index contributed by atoms with van der Waals surface area (Å²) in [6.45, 7) is 5.17. The van der Waals surface area contributed by atoms with E-state index in [-0.39, 0.29) is 23.6 Å². The highest BCUT2D eigenvalue weighted by Gasteiger charge is 2.46. The molecule has 4 heterocycles. The van der Waals surface area contributed by atoms with Gasteiger partial charge in [0.25, 0.3) is 0 Å². The second-order valence-electron chi connectivity index (χ2n) is 10.1. The van der Waals surface area contributed by atoms with Gasteiger partial charge < -0.3 is 10.5 Å². The molecule has 1 unspecified atom stereocenters. The molecule has 1 aliphatic heterocycles. The van der Waals surface area contributed by atoms with Crippen LogP contribution < -0.4 is 5.73 Å². The van der Waals surface area contributed by atoms with Crippen LogP contribution in [0.25, 0.3) is 28.1 Å². The quantitative estimate of drug-likeness (QED) is 0.422. The fourth-order valence-corrected chi connectivity index (χ4v) is 5.16. The van der Waals surface area contributed by atoms with Gasteiger partial charge in [-0.25, -0.2) is 4.98 Å². The van der Waals surface area contributed by atoms with Gasteiger partial charge in [-0.05, 0) is 29.7 Å². The van der Waals surface area contributed by atoms with Gasteiger partial charge in [-0.15, -0.1) is 10.2 Å². The Bertz CT molecular complexity index is 1400. The minimum atomic E-state index is -4.45. The van der Waals surface area contributed by atoms with E-state index in [0.29, 0.717) is 36.7 Å². The van der Waals surface area contributed by atoms with Gasteiger partial charge in [0.15, 0.2) is 11.5 Å². The fraction of sp³-hybridized carbons (Fsp3) is 0.423. The minimum Gasteiger partial charge on any atom is -0.384 e. The van der Waals surface area contributed by atoms with Crippen molar-refractivity contribution in [3.05, 3.63) is 59.8 Å². The highest BCUT2D eigenvalue weighted by Crippen LogP contribution is 2.39. The summed E-state index contributed by atoms with van der Waals surface area (Å²) in [7, 11) is 1.66. The minimum absolute atomic E-state index is 0.118. The lowest BCUT2D eigenvalue weighted by Crippen LogP contribution is -2.38. The number of hydrogen-bond acceptors (Lipinski definition) is 6. The first-order valence-electron chi connectivity index (χ1n) is 11.9. The smallest absolute Gasteiger partial charge is 0.384 e. The van der Waals surface area contributed by atoms with Crippen LogP contribution in [0, 0.1) is 0 Å². The molecule has 10 heteroatoms. The van der Waals surface area contributed by atoms with Crippen LogP contribution in [0.2, 0.25) is 0 Å². The molecule has 190 valence electrons. The van der Waals surface area contributed by atoms with Gasteiger partial charge in [-0.2, -0.15) is 13.2 Å². The Morgan fingerprint density at radius 3 is 2.61 bits per heavy atom. The maximum Gasteiger partial charge on any atom is 0.408 e. The van der Waals surface area contributed by atoms with Crippen molar-refractivity contribution in [3.8, 4) is 11.5 Å². The molecule has 0 saturated carbocycles. The van der Waals surface area contributed by atoms with E-state index in [2.05, 4.69) is 24.0 Å². The molecule has 3 aromatic heterocycles. The zero-order chi connectivity index (χ0) is 25.7. The maximum absolute atomic E-state index is 14.2. The number of rotatable bonds is 6. The van der Waals surface area contributed by atoms with E-state index in [1.165, 1.54) is 17.2 Å². The largest absolute Gasteiger partial charge is 0.408 e. The SMILES string of the molecule is COCC(C)(C)c1cccc2ccc(-c3nnc4ccc([C@@H](N5CCC(N)C5)C(F)(F)F)cn34)nc12. The van der Waals surface area contributed by atoms with Gasteiger partial charge in [-0.3, -0.25) is 9.30 Å². The number of benzene rings is 1. The zero-order valence-corrected chi connectivity index (χ0v) is 20.5. The number of aromatic nitrogens is 4. The summed E-state index contributed by atoms with van der Waals surface area (Å²) >= 11 is 0. The fourth-order valence-electron chi connectivity index (χ4n) is 5.16. The second kappa shape index (κ2) is 9.10. The van der Waals surface area contributed by atoms with Crippen LogP contribution in [0.1, 0.15) is 37.4 Å². The van der Waals surface area contributed by atoms with Crippen molar-refractivity contribution >= 4 is 16.6 Å². The normalized spacial score (nSPS) is 18.4. The topological polar surface area (TPSA) is 81.6 Å². The first kappa shape index (κ1) is 24.6. The van der Waals surface area contributed by atoms with Gasteiger partial charge in [0.2, 0.25) is 0 Å². The predicted molar refractivity (Wildman–Crippen MR) is 132 cm³/mol. The molecular formula is C26H29F3N6O. The predicted octanol–water partition coefficient (Wildman–Crippen LogP) is 4.50. The molecule has 1 fully saturated rings. The Balaban J connectivity index is 1.62. The molecule has 1 aromatic carbocycles. The number of para-hydroxylation sites is 1. The average molecular weight is 499 g/mol. The van der Waals surface area contributed by atoms with E-state index in [0.717, 1.165) is 16.5 Å². The average Bonchev–Trinajstić information content (AvgIpc) is 3.43. The third-order valence-corrected chi connectivity index (χ3v) is 6.86. The lowest BCUT2D eigenvalue weighted by Gasteiger charge is -2.30. The molecule has 1 aliphatic rings. The van der Waals surface area contributed by atoms with Gasteiger partial charge in [0.05, 0.1) is 12.1 Å². The van der Waals surface area contributed by atoms with E-state index in [1.807, 2.05) is 30.3 Å². The van der Waals surface area contributed by atoms with Crippen molar-refractivity contribution in [2.75, 3.05) is 26.8 Å². The highest BCUT2D eigenvalue weighted by atomic mass is 19.4. The van der Waals surface area contributed by atoms with Crippen LogP contribution in [0.4, 0.5) is 13.2 Å². The molecule has 0 bridgehead atoms. The van der Waals surface area contributed by atoms with Crippen molar-refractivity contribution in [2.24, 2.45) is 5.73 Å². The third-order valence-electron chi connectivity index (χ3n) is 6.86. The van der Waals surface area contributed by atoms with Crippen LogP contribution in [0.15, 0.2) is 48.7 Å². The number of pyridine rings is 2. The van der Waals surface area contributed by atoms with E-state index >= 15 is 0 Å². The van der Waals surface area contributed by atoms with E-state index < -0.39 is 12.2 Å². The summed E-state index contributed by atoms with van der Waals surface area (Å²) in [5.74, 6) is 0.382. The lowest BCUT2D eigenvalue weighted by atomic mass is 9.84. The van der Waals surface area contributed by atoms with Crippen LogP contribution in [-0.4, -0.2) is 63.5 Å². The van der Waals surface area contributed by atoms with Crippen molar-refractivity contribution in [1.29, 1.82) is 0 Å². The summed E-state index contributed by atoms with van der Waals surface area (Å²) in [5.41, 5.74) is 8.52. The Morgan fingerprint density at radius 2 is 1.92 bits per heavy atom. The van der Waals surface area contributed by atoms with Gasteiger partial charge >= 0.3 is 6.18 Å². The molecule has 0 spiro atoms. The number of nitrogens with zero attached hydrogens (tertiary/aromatic N) is 5. The summed E-state index contributed by atoms with van der Waals surface area (Å²) in [5, 5.41) is 9.43. The van der Waals surface area contributed by atoms with Gasteiger partial charge in [0, 0.05) is 43.2 Å². The third kappa shape index (κ3) is 4.44. The first-order valence-corrected chi connectivity index (χ1v) is 11.9. The van der Waals surface area contributed by atoms with Crippen molar-refractivity contribution in [1.82, 2.24) is 24.5 Å². The molecule has 7 nitrogen and oxygen atoms in total. The Kier molecular flexibility index (Phi) is 6.22. The zero-order valence-electron chi connectivity index (χ0n) is 20.5. The molecule has 0 aliphatic carbocycles. The van der Waals surface area contributed by atoms with E-state index in [1.54, 1.807) is 17.6 Å². The van der Waals surface area contributed by atoms with Crippen molar-refractivity contribution in [2.45, 2.75) is 43.9 Å². The summed E-state index contributed by atoms with van der Waals surface area (Å²) in [4.78, 5) is 6.30. The van der Waals surface area contributed by atoms with Crippen LogP contribution in [0.3, 0.4) is 0 Å². The number of ether oxygens (including phenoxy) is 1. The number of likely N-dealkylation sites (tertiary alicyclic amines) is 1. The maximum atomic E-state index is 14.2. The Labute approximate surface area is 207 Å². The monoisotopic (exact) mass is 498 g/mol. The molecule has 36 heavy (non-hydrogen) atoms. The van der Waals surface area contributed by atoms with Crippen LogP contribution >= 0.6 is 0 Å². The second-order valence-corrected chi connectivity index (χ2v) is 10.1. The Morgan fingerprint density at radius 1 is 1.11 bits per heavy atom. The number of alkyl halides is 3. The summed E-state index contributed by atoms with van der Waals surface area (Å²) in [6, 6.07) is 10.8. The van der Waals surface area contributed by atoms with Gasteiger partial charge in [-0.1, -0.05) is 44.2 Å². The van der Waals surface area contributed by atoms with E-state index in [4.69, 9.17) is 15.5 Å². The van der Waals surface area contributed by atoms with Crippen molar-refractivity contribution < 1.29 is 17.9 Å². The first-order chi connectivity index (χ1) is 17.1. The number of nitrogens with two attached hydrogens (primary N) is 1.